The second kappa shape index (κ2) is 6.73. The van der Waals surface area contributed by atoms with E-state index in [1.165, 1.54) is 18.9 Å². The number of ether oxygens (including phenoxy) is 2. The third kappa shape index (κ3) is 4.66. The van der Waals surface area contributed by atoms with Crippen LogP contribution in [0, 0.1) is 5.82 Å². The van der Waals surface area contributed by atoms with Gasteiger partial charge < -0.3 is 19.7 Å². The van der Waals surface area contributed by atoms with Crippen molar-refractivity contribution in [3.63, 3.8) is 0 Å². The monoisotopic (exact) mass is 294 g/mol. The Morgan fingerprint density at radius 2 is 2.24 bits per heavy atom. The number of rotatable bonds is 6. The van der Waals surface area contributed by atoms with Crippen LogP contribution in [0.1, 0.15) is 18.4 Å². The highest BCUT2D eigenvalue weighted by atomic mass is 19.1. The summed E-state index contributed by atoms with van der Waals surface area (Å²) in [5, 5.41) is 3.39. The zero-order valence-corrected chi connectivity index (χ0v) is 12.5. The number of likely N-dealkylation sites (N-methyl/N-ethyl adjacent to an activating group) is 1. The molecule has 0 aromatic heterocycles. The molecule has 1 aromatic rings. The van der Waals surface area contributed by atoms with Gasteiger partial charge in [-0.25, -0.2) is 4.39 Å². The molecule has 116 valence electrons. The molecule has 1 unspecified atom stereocenters. The van der Waals surface area contributed by atoms with Crippen molar-refractivity contribution in [1.29, 1.82) is 0 Å². The van der Waals surface area contributed by atoms with Gasteiger partial charge >= 0.3 is 0 Å². The average molecular weight is 294 g/mol. The maximum atomic E-state index is 13.6. The number of hydrogen-bond acceptors (Lipinski definition) is 4. The zero-order chi connectivity index (χ0) is 14.7. The van der Waals surface area contributed by atoms with Crippen molar-refractivity contribution < 1.29 is 13.9 Å². The summed E-state index contributed by atoms with van der Waals surface area (Å²) in [7, 11) is 2.07. The SMILES string of the molecule is CN1CCOC(COc2cc(F)cc(CNC3CC3)c2)C1. The Bertz CT molecular complexity index is 479. The highest BCUT2D eigenvalue weighted by Gasteiger charge is 2.20. The minimum atomic E-state index is -0.248. The Morgan fingerprint density at radius 3 is 3.00 bits per heavy atom. The summed E-state index contributed by atoms with van der Waals surface area (Å²) < 4.78 is 25.0. The van der Waals surface area contributed by atoms with Gasteiger partial charge in [0, 0.05) is 31.7 Å². The maximum Gasteiger partial charge on any atom is 0.127 e. The highest BCUT2D eigenvalue weighted by Crippen LogP contribution is 2.21. The normalized spacial score (nSPS) is 23.2. The van der Waals surface area contributed by atoms with Crippen LogP contribution < -0.4 is 10.1 Å². The van der Waals surface area contributed by atoms with Gasteiger partial charge in [-0.15, -0.1) is 0 Å². The van der Waals surface area contributed by atoms with E-state index in [0.717, 1.165) is 25.3 Å². The summed E-state index contributed by atoms with van der Waals surface area (Å²) >= 11 is 0. The van der Waals surface area contributed by atoms with Crippen LogP contribution in [0.4, 0.5) is 4.39 Å². The van der Waals surface area contributed by atoms with Crippen LogP contribution in [0.2, 0.25) is 0 Å². The topological polar surface area (TPSA) is 33.7 Å². The quantitative estimate of drug-likeness (QED) is 0.867. The number of nitrogens with one attached hydrogen (secondary N) is 1. The fourth-order valence-electron chi connectivity index (χ4n) is 2.51. The van der Waals surface area contributed by atoms with E-state index in [0.29, 0.717) is 24.9 Å². The molecule has 2 fully saturated rings. The summed E-state index contributed by atoms with van der Waals surface area (Å²) in [5.41, 5.74) is 0.929. The summed E-state index contributed by atoms with van der Waals surface area (Å²) in [6.45, 7) is 3.69. The van der Waals surface area contributed by atoms with Crippen LogP contribution in [-0.4, -0.2) is 50.4 Å². The largest absolute Gasteiger partial charge is 0.491 e. The van der Waals surface area contributed by atoms with E-state index in [1.54, 1.807) is 6.07 Å². The molecule has 1 aromatic carbocycles. The molecule has 0 radical (unpaired) electrons. The first kappa shape index (κ1) is 14.8. The Hall–Kier alpha value is -1.17. The zero-order valence-electron chi connectivity index (χ0n) is 12.5. The smallest absolute Gasteiger partial charge is 0.127 e. The highest BCUT2D eigenvalue weighted by molar-refractivity contribution is 5.29. The van der Waals surface area contributed by atoms with E-state index < -0.39 is 0 Å². The molecule has 1 aliphatic heterocycles. The molecule has 1 N–H and O–H groups in total. The lowest BCUT2D eigenvalue weighted by Gasteiger charge is -2.29. The van der Waals surface area contributed by atoms with Gasteiger partial charge in [0.05, 0.1) is 6.61 Å². The van der Waals surface area contributed by atoms with E-state index in [2.05, 4.69) is 17.3 Å². The molecule has 2 aliphatic rings. The predicted octanol–water partition coefficient (Wildman–Crippen LogP) is 1.79. The minimum absolute atomic E-state index is 0.0556. The van der Waals surface area contributed by atoms with Gasteiger partial charge in [0.2, 0.25) is 0 Å². The van der Waals surface area contributed by atoms with Gasteiger partial charge in [-0.3, -0.25) is 0 Å². The van der Waals surface area contributed by atoms with Gasteiger partial charge in [-0.05, 0) is 37.6 Å². The van der Waals surface area contributed by atoms with Crippen LogP contribution in [0.3, 0.4) is 0 Å². The van der Waals surface area contributed by atoms with Crippen LogP contribution in [0.25, 0.3) is 0 Å². The molecule has 21 heavy (non-hydrogen) atoms. The molecule has 0 bridgehead atoms. The lowest BCUT2D eigenvalue weighted by atomic mass is 10.2. The number of benzene rings is 1. The molecule has 0 spiro atoms. The molecule has 1 saturated carbocycles. The van der Waals surface area contributed by atoms with Crippen molar-refractivity contribution in [2.75, 3.05) is 33.4 Å². The van der Waals surface area contributed by atoms with Gasteiger partial charge in [-0.1, -0.05) is 0 Å². The summed E-state index contributed by atoms with van der Waals surface area (Å²) in [5.74, 6) is 0.334. The first-order valence-corrected chi connectivity index (χ1v) is 7.65. The van der Waals surface area contributed by atoms with Crippen molar-refractivity contribution in [3.8, 4) is 5.75 Å². The number of nitrogens with zero attached hydrogens (tertiary/aromatic N) is 1. The van der Waals surface area contributed by atoms with Crippen LogP contribution >= 0.6 is 0 Å². The van der Waals surface area contributed by atoms with E-state index in [9.17, 15) is 4.39 Å². The number of halogens is 1. The van der Waals surface area contributed by atoms with Gasteiger partial charge in [-0.2, -0.15) is 0 Å². The van der Waals surface area contributed by atoms with Crippen molar-refractivity contribution in [2.24, 2.45) is 0 Å². The third-order valence-corrected chi connectivity index (χ3v) is 3.88. The second-order valence-corrected chi connectivity index (χ2v) is 6.02. The second-order valence-electron chi connectivity index (χ2n) is 6.02. The fourth-order valence-corrected chi connectivity index (χ4v) is 2.51. The van der Waals surface area contributed by atoms with Gasteiger partial charge in [0.1, 0.15) is 24.3 Å². The first-order valence-electron chi connectivity index (χ1n) is 7.65. The molecule has 4 nitrogen and oxygen atoms in total. The Balaban J connectivity index is 1.53. The fraction of sp³-hybridized carbons (Fsp3) is 0.625. The molecular weight excluding hydrogens is 271 g/mol. The molecule has 3 rings (SSSR count). The predicted molar refractivity (Wildman–Crippen MR) is 79.0 cm³/mol. The van der Waals surface area contributed by atoms with Gasteiger partial charge in [0.25, 0.3) is 0 Å². The summed E-state index contributed by atoms with van der Waals surface area (Å²) in [6.07, 6.45) is 2.51. The lowest BCUT2D eigenvalue weighted by Crippen LogP contribution is -2.42. The summed E-state index contributed by atoms with van der Waals surface area (Å²) in [6, 6.07) is 5.52. The molecular formula is C16H23FN2O2. The Labute approximate surface area is 125 Å². The van der Waals surface area contributed by atoms with Crippen molar-refractivity contribution in [3.05, 3.63) is 29.6 Å². The Kier molecular flexibility index (Phi) is 4.73. The third-order valence-electron chi connectivity index (χ3n) is 3.88. The van der Waals surface area contributed by atoms with E-state index in [4.69, 9.17) is 9.47 Å². The summed E-state index contributed by atoms with van der Waals surface area (Å²) in [4.78, 5) is 2.22. The molecule has 1 heterocycles. The molecule has 1 atom stereocenters. The molecule has 1 aliphatic carbocycles. The number of hydrogen-bond donors (Lipinski definition) is 1. The average Bonchev–Trinajstić information content (AvgIpc) is 3.27. The Morgan fingerprint density at radius 1 is 1.38 bits per heavy atom. The van der Waals surface area contributed by atoms with Crippen LogP contribution in [0.5, 0.6) is 5.75 Å². The molecule has 0 amide bonds. The van der Waals surface area contributed by atoms with Crippen molar-refractivity contribution in [1.82, 2.24) is 10.2 Å². The van der Waals surface area contributed by atoms with E-state index >= 15 is 0 Å². The van der Waals surface area contributed by atoms with Crippen molar-refractivity contribution >= 4 is 0 Å². The molecule has 1 saturated heterocycles. The van der Waals surface area contributed by atoms with Crippen LogP contribution in [-0.2, 0) is 11.3 Å². The van der Waals surface area contributed by atoms with Crippen molar-refractivity contribution in [2.45, 2.75) is 31.5 Å². The maximum absolute atomic E-state index is 13.6. The lowest BCUT2D eigenvalue weighted by molar-refractivity contribution is -0.0404. The number of morpholine rings is 1. The first-order chi connectivity index (χ1) is 10.2. The van der Waals surface area contributed by atoms with Gasteiger partial charge in [0.15, 0.2) is 0 Å². The minimum Gasteiger partial charge on any atom is -0.491 e. The van der Waals surface area contributed by atoms with E-state index in [1.807, 2.05) is 6.07 Å². The van der Waals surface area contributed by atoms with Crippen LogP contribution in [0.15, 0.2) is 18.2 Å². The van der Waals surface area contributed by atoms with E-state index in [-0.39, 0.29) is 11.9 Å². The standard InChI is InChI=1S/C16H23FN2O2/c1-19-4-5-20-16(10-19)11-21-15-7-12(6-13(17)8-15)9-18-14-2-3-14/h6-8,14,16,18H,2-5,9-11H2,1H3. The molecule has 5 heteroatoms.